The SMILES string of the molecule is COCCOc1cnccc1-c1[nH]c2c(c1Nc1ccccc1)C(=O)NCC2. The molecule has 1 aromatic carbocycles. The predicted octanol–water partition coefficient (Wildman–Crippen LogP) is 3.13. The third kappa shape index (κ3) is 3.57. The van der Waals surface area contributed by atoms with Crippen molar-refractivity contribution in [2.45, 2.75) is 6.42 Å². The molecular weight excluding hydrogens is 356 g/mol. The van der Waals surface area contributed by atoms with E-state index in [1.807, 2.05) is 36.4 Å². The van der Waals surface area contributed by atoms with E-state index in [1.54, 1.807) is 19.5 Å². The number of aromatic nitrogens is 2. The average molecular weight is 378 g/mol. The Kier molecular flexibility index (Phi) is 5.25. The number of carbonyl (C=O) groups excluding carboxylic acids is 1. The van der Waals surface area contributed by atoms with Crippen LogP contribution in [-0.2, 0) is 11.2 Å². The minimum atomic E-state index is -0.0851. The van der Waals surface area contributed by atoms with E-state index in [4.69, 9.17) is 9.47 Å². The number of pyridine rings is 1. The predicted molar refractivity (Wildman–Crippen MR) is 107 cm³/mol. The molecule has 1 aliphatic heterocycles. The maximum absolute atomic E-state index is 12.6. The molecule has 2 aromatic heterocycles. The van der Waals surface area contributed by atoms with Crippen LogP contribution in [0.4, 0.5) is 11.4 Å². The van der Waals surface area contributed by atoms with Crippen molar-refractivity contribution in [1.82, 2.24) is 15.3 Å². The van der Waals surface area contributed by atoms with Gasteiger partial charge in [-0.1, -0.05) is 18.2 Å². The summed E-state index contributed by atoms with van der Waals surface area (Å²) < 4.78 is 10.9. The molecule has 7 heteroatoms. The van der Waals surface area contributed by atoms with Crippen molar-refractivity contribution in [3.05, 3.63) is 60.0 Å². The number of benzene rings is 1. The summed E-state index contributed by atoms with van der Waals surface area (Å²) in [5.41, 5.74) is 4.84. The number of methoxy groups -OCH3 is 1. The fourth-order valence-electron chi connectivity index (χ4n) is 3.31. The van der Waals surface area contributed by atoms with Crippen LogP contribution in [0.2, 0.25) is 0 Å². The lowest BCUT2D eigenvalue weighted by Crippen LogP contribution is -2.31. The summed E-state index contributed by atoms with van der Waals surface area (Å²) in [5.74, 6) is 0.549. The molecule has 0 saturated heterocycles. The van der Waals surface area contributed by atoms with Gasteiger partial charge in [-0.15, -0.1) is 0 Å². The molecule has 0 spiro atoms. The van der Waals surface area contributed by atoms with Gasteiger partial charge in [-0.2, -0.15) is 0 Å². The molecule has 3 aromatic rings. The Bertz CT molecular complexity index is 969. The molecule has 28 heavy (non-hydrogen) atoms. The van der Waals surface area contributed by atoms with E-state index < -0.39 is 0 Å². The van der Waals surface area contributed by atoms with Gasteiger partial charge in [0.2, 0.25) is 0 Å². The summed E-state index contributed by atoms with van der Waals surface area (Å²) in [6.45, 7) is 1.51. The number of rotatable bonds is 7. The third-order valence-electron chi connectivity index (χ3n) is 4.61. The number of ether oxygens (including phenoxy) is 2. The number of amides is 1. The first-order valence-electron chi connectivity index (χ1n) is 9.19. The van der Waals surface area contributed by atoms with E-state index in [0.717, 1.165) is 34.7 Å². The summed E-state index contributed by atoms with van der Waals surface area (Å²) in [6, 6.07) is 11.7. The zero-order valence-corrected chi connectivity index (χ0v) is 15.6. The first kappa shape index (κ1) is 18.1. The van der Waals surface area contributed by atoms with Gasteiger partial charge in [-0.25, -0.2) is 0 Å². The summed E-state index contributed by atoms with van der Waals surface area (Å²) in [4.78, 5) is 20.2. The Morgan fingerprint density at radius 3 is 2.86 bits per heavy atom. The van der Waals surface area contributed by atoms with Crippen molar-refractivity contribution in [2.24, 2.45) is 0 Å². The lowest BCUT2D eigenvalue weighted by molar-refractivity contribution is 0.0947. The molecule has 0 unspecified atom stereocenters. The van der Waals surface area contributed by atoms with Crippen LogP contribution >= 0.6 is 0 Å². The van der Waals surface area contributed by atoms with Crippen LogP contribution in [0, 0.1) is 0 Å². The van der Waals surface area contributed by atoms with Gasteiger partial charge in [0, 0.05) is 43.2 Å². The van der Waals surface area contributed by atoms with Crippen molar-refractivity contribution in [3.63, 3.8) is 0 Å². The number of anilines is 2. The van der Waals surface area contributed by atoms with E-state index in [-0.39, 0.29) is 5.91 Å². The number of nitrogens with zero attached hydrogens (tertiary/aromatic N) is 1. The van der Waals surface area contributed by atoms with Crippen molar-refractivity contribution in [3.8, 4) is 17.0 Å². The van der Waals surface area contributed by atoms with Crippen LogP contribution in [0.25, 0.3) is 11.3 Å². The number of aromatic amines is 1. The van der Waals surface area contributed by atoms with E-state index >= 15 is 0 Å². The van der Waals surface area contributed by atoms with Gasteiger partial charge in [-0.05, 0) is 18.2 Å². The monoisotopic (exact) mass is 378 g/mol. The Labute approximate surface area is 163 Å². The van der Waals surface area contributed by atoms with Crippen molar-refractivity contribution in [1.29, 1.82) is 0 Å². The second-order valence-electron chi connectivity index (χ2n) is 6.44. The summed E-state index contributed by atoms with van der Waals surface area (Å²) in [5, 5.41) is 6.34. The molecule has 0 atom stereocenters. The van der Waals surface area contributed by atoms with Gasteiger partial charge < -0.3 is 25.1 Å². The van der Waals surface area contributed by atoms with Gasteiger partial charge in [0.1, 0.15) is 12.4 Å². The Balaban J connectivity index is 1.80. The highest BCUT2D eigenvalue weighted by atomic mass is 16.5. The largest absolute Gasteiger partial charge is 0.489 e. The summed E-state index contributed by atoms with van der Waals surface area (Å²) in [6.07, 6.45) is 4.14. The first-order valence-corrected chi connectivity index (χ1v) is 9.19. The fourth-order valence-corrected chi connectivity index (χ4v) is 3.31. The molecule has 144 valence electrons. The number of nitrogens with one attached hydrogen (secondary N) is 3. The fraction of sp³-hybridized carbons (Fsp3) is 0.238. The minimum absolute atomic E-state index is 0.0851. The molecule has 3 heterocycles. The van der Waals surface area contributed by atoms with Crippen LogP contribution in [-0.4, -0.2) is 42.7 Å². The van der Waals surface area contributed by atoms with Gasteiger partial charge in [0.25, 0.3) is 5.91 Å². The molecule has 0 bridgehead atoms. The van der Waals surface area contributed by atoms with E-state index in [9.17, 15) is 4.79 Å². The first-order chi connectivity index (χ1) is 13.8. The number of para-hydroxylation sites is 1. The molecule has 7 nitrogen and oxygen atoms in total. The number of carbonyl (C=O) groups is 1. The lowest BCUT2D eigenvalue weighted by Gasteiger charge is -2.15. The molecule has 0 radical (unpaired) electrons. The third-order valence-corrected chi connectivity index (χ3v) is 4.61. The Morgan fingerprint density at radius 1 is 1.18 bits per heavy atom. The zero-order valence-electron chi connectivity index (χ0n) is 15.6. The molecule has 0 fully saturated rings. The normalized spacial score (nSPS) is 13.0. The number of H-pyrrole nitrogens is 1. The highest BCUT2D eigenvalue weighted by molar-refractivity contribution is 6.06. The summed E-state index contributed by atoms with van der Waals surface area (Å²) >= 11 is 0. The van der Waals surface area contributed by atoms with Gasteiger partial charge in [0.05, 0.1) is 29.7 Å². The highest BCUT2D eigenvalue weighted by Gasteiger charge is 2.28. The second-order valence-corrected chi connectivity index (χ2v) is 6.44. The zero-order chi connectivity index (χ0) is 19.3. The van der Waals surface area contributed by atoms with Gasteiger partial charge >= 0.3 is 0 Å². The molecule has 1 amide bonds. The van der Waals surface area contributed by atoms with Gasteiger partial charge in [0.15, 0.2) is 0 Å². The number of fused-ring (bicyclic) bond motifs is 1. The molecule has 4 rings (SSSR count). The smallest absolute Gasteiger partial charge is 0.255 e. The summed E-state index contributed by atoms with van der Waals surface area (Å²) in [7, 11) is 1.63. The topological polar surface area (TPSA) is 88.3 Å². The number of hydrogen-bond donors (Lipinski definition) is 3. The van der Waals surface area contributed by atoms with E-state index in [1.165, 1.54) is 0 Å². The standard InChI is InChI=1S/C21H22N4O3/c1-27-11-12-28-17-13-22-9-7-15(17)19-20(24-14-5-3-2-4-6-14)18-16(25-19)8-10-23-21(18)26/h2-7,9,13,24-25H,8,10-12H2,1H3,(H,23,26). The molecule has 0 saturated carbocycles. The van der Waals surface area contributed by atoms with Crippen LogP contribution in [0.5, 0.6) is 5.75 Å². The van der Waals surface area contributed by atoms with Crippen LogP contribution in [0.15, 0.2) is 48.8 Å². The quantitative estimate of drug-likeness (QED) is 0.550. The minimum Gasteiger partial charge on any atom is -0.489 e. The van der Waals surface area contributed by atoms with E-state index in [0.29, 0.717) is 31.1 Å². The van der Waals surface area contributed by atoms with Crippen molar-refractivity contribution in [2.75, 3.05) is 32.2 Å². The molecular formula is C21H22N4O3. The average Bonchev–Trinajstić information content (AvgIpc) is 3.09. The molecule has 1 aliphatic rings. The van der Waals surface area contributed by atoms with Crippen LogP contribution in [0.1, 0.15) is 16.1 Å². The van der Waals surface area contributed by atoms with Crippen molar-refractivity contribution < 1.29 is 14.3 Å². The maximum Gasteiger partial charge on any atom is 0.255 e. The van der Waals surface area contributed by atoms with Crippen LogP contribution in [0.3, 0.4) is 0 Å². The highest BCUT2D eigenvalue weighted by Crippen LogP contribution is 2.40. The number of hydrogen-bond acceptors (Lipinski definition) is 5. The maximum atomic E-state index is 12.6. The van der Waals surface area contributed by atoms with Crippen molar-refractivity contribution >= 4 is 17.3 Å². The molecule has 3 N–H and O–H groups in total. The van der Waals surface area contributed by atoms with Gasteiger partial charge in [-0.3, -0.25) is 9.78 Å². The molecule has 0 aliphatic carbocycles. The Hall–Kier alpha value is -3.32. The van der Waals surface area contributed by atoms with E-state index in [2.05, 4.69) is 20.6 Å². The van der Waals surface area contributed by atoms with Crippen LogP contribution < -0.4 is 15.4 Å². The lowest BCUT2D eigenvalue weighted by atomic mass is 10.0. The Morgan fingerprint density at radius 2 is 2.04 bits per heavy atom. The second kappa shape index (κ2) is 8.14.